The van der Waals surface area contributed by atoms with E-state index in [0.29, 0.717) is 24.7 Å². The Morgan fingerprint density at radius 2 is 2.05 bits per heavy atom. The van der Waals surface area contributed by atoms with Crippen molar-refractivity contribution in [2.24, 2.45) is 0 Å². The first-order valence-electron chi connectivity index (χ1n) is 7.64. The Morgan fingerprint density at radius 3 is 2.71 bits per heavy atom. The summed E-state index contributed by atoms with van der Waals surface area (Å²) in [5, 5.41) is 2.98. The number of likely N-dealkylation sites (tertiary alicyclic amines) is 1. The number of carbonyl (C=O) groups is 1. The van der Waals surface area contributed by atoms with E-state index in [9.17, 15) is 4.79 Å². The summed E-state index contributed by atoms with van der Waals surface area (Å²) >= 11 is 0. The third-order valence-corrected chi connectivity index (χ3v) is 4.07. The molecule has 0 spiro atoms. The highest BCUT2D eigenvalue weighted by molar-refractivity contribution is 5.91. The molecule has 2 heterocycles. The molecule has 21 heavy (non-hydrogen) atoms. The number of piperidine rings is 1. The van der Waals surface area contributed by atoms with Gasteiger partial charge in [-0.25, -0.2) is 0 Å². The van der Waals surface area contributed by atoms with Crippen molar-refractivity contribution in [3.8, 4) is 0 Å². The fourth-order valence-electron chi connectivity index (χ4n) is 2.71. The van der Waals surface area contributed by atoms with Gasteiger partial charge in [-0.2, -0.15) is 0 Å². The number of furan rings is 1. The smallest absolute Gasteiger partial charge is 0.287 e. The Hall–Kier alpha value is -1.33. The Bertz CT molecular complexity index is 462. The molecule has 118 valence electrons. The molecule has 1 saturated heterocycles. The van der Waals surface area contributed by atoms with Crippen LogP contribution in [0.4, 0.5) is 0 Å². The van der Waals surface area contributed by atoms with Gasteiger partial charge in [-0.3, -0.25) is 9.69 Å². The molecule has 0 atom stereocenters. The Labute approximate surface area is 126 Å². The second-order valence-corrected chi connectivity index (χ2v) is 6.24. The number of hydrogen-bond donors (Lipinski definition) is 1. The zero-order valence-electron chi connectivity index (χ0n) is 13.3. The lowest BCUT2D eigenvalue weighted by Gasteiger charge is -2.41. The normalized spacial score (nSPS) is 16.9. The lowest BCUT2D eigenvalue weighted by atomic mass is 9.98. The van der Waals surface area contributed by atoms with E-state index < -0.39 is 0 Å². The number of hydrogen-bond acceptors (Lipinski definition) is 4. The number of ether oxygens (including phenoxy) is 1. The fourth-order valence-corrected chi connectivity index (χ4v) is 2.71. The van der Waals surface area contributed by atoms with Crippen molar-refractivity contribution in [2.45, 2.75) is 45.3 Å². The molecule has 1 amide bonds. The van der Waals surface area contributed by atoms with E-state index >= 15 is 0 Å². The van der Waals surface area contributed by atoms with E-state index in [-0.39, 0.29) is 11.4 Å². The molecule has 0 unspecified atom stereocenters. The SMILES string of the molecule is COCc1ccc(C(=O)NCC(C)(C)N2CCCCC2)o1. The number of methoxy groups -OCH3 is 1. The van der Waals surface area contributed by atoms with Crippen molar-refractivity contribution in [3.05, 3.63) is 23.7 Å². The third kappa shape index (κ3) is 4.32. The van der Waals surface area contributed by atoms with Crippen molar-refractivity contribution in [1.82, 2.24) is 10.2 Å². The van der Waals surface area contributed by atoms with Crippen molar-refractivity contribution in [3.63, 3.8) is 0 Å². The zero-order chi connectivity index (χ0) is 15.3. The van der Waals surface area contributed by atoms with E-state index in [2.05, 4.69) is 24.1 Å². The van der Waals surface area contributed by atoms with Crippen LogP contribution in [-0.4, -0.2) is 43.1 Å². The average Bonchev–Trinajstić information content (AvgIpc) is 2.95. The lowest BCUT2D eigenvalue weighted by Crippen LogP contribution is -2.53. The van der Waals surface area contributed by atoms with Gasteiger partial charge in [-0.1, -0.05) is 6.42 Å². The first-order chi connectivity index (χ1) is 10.0. The number of amides is 1. The predicted octanol–water partition coefficient (Wildman–Crippen LogP) is 2.42. The van der Waals surface area contributed by atoms with E-state index in [1.54, 1.807) is 19.2 Å². The monoisotopic (exact) mass is 294 g/mol. The van der Waals surface area contributed by atoms with Crippen LogP contribution in [0.2, 0.25) is 0 Å². The molecular formula is C16H26N2O3. The molecule has 0 aliphatic carbocycles. The Kier molecular flexibility index (Phi) is 5.42. The van der Waals surface area contributed by atoms with Crippen LogP contribution in [0.15, 0.2) is 16.5 Å². The summed E-state index contributed by atoms with van der Waals surface area (Å²) in [7, 11) is 1.60. The lowest BCUT2D eigenvalue weighted by molar-refractivity contribution is 0.0775. The second-order valence-electron chi connectivity index (χ2n) is 6.24. The highest BCUT2D eigenvalue weighted by Gasteiger charge is 2.28. The second kappa shape index (κ2) is 7.09. The van der Waals surface area contributed by atoms with Crippen LogP contribution >= 0.6 is 0 Å². The van der Waals surface area contributed by atoms with Crippen LogP contribution in [0.3, 0.4) is 0 Å². The van der Waals surface area contributed by atoms with Crippen LogP contribution in [-0.2, 0) is 11.3 Å². The van der Waals surface area contributed by atoms with Gasteiger partial charge in [0.15, 0.2) is 5.76 Å². The molecule has 1 N–H and O–H groups in total. The molecule has 0 bridgehead atoms. The third-order valence-electron chi connectivity index (χ3n) is 4.07. The average molecular weight is 294 g/mol. The summed E-state index contributed by atoms with van der Waals surface area (Å²) in [6.45, 7) is 7.58. The van der Waals surface area contributed by atoms with Gasteiger partial charge in [0, 0.05) is 19.2 Å². The van der Waals surface area contributed by atoms with Gasteiger partial charge in [0.25, 0.3) is 5.91 Å². The minimum Gasteiger partial charge on any atom is -0.453 e. The van der Waals surface area contributed by atoms with Crippen LogP contribution in [0.25, 0.3) is 0 Å². The highest BCUT2D eigenvalue weighted by Crippen LogP contribution is 2.20. The molecule has 0 radical (unpaired) electrons. The molecule has 1 aromatic rings. The minimum absolute atomic E-state index is 0.0297. The molecule has 0 saturated carbocycles. The molecule has 5 nitrogen and oxygen atoms in total. The summed E-state index contributed by atoms with van der Waals surface area (Å²) in [4.78, 5) is 14.6. The van der Waals surface area contributed by atoms with E-state index in [0.717, 1.165) is 13.1 Å². The zero-order valence-corrected chi connectivity index (χ0v) is 13.3. The van der Waals surface area contributed by atoms with E-state index in [4.69, 9.17) is 9.15 Å². The quantitative estimate of drug-likeness (QED) is 0.875. The molecule has 2 rings (SSSR count). The molecule has 0 aromatic carbocycles. The molecule has 1 fully saturated rings. The first-order valence-corrected chi connectivity index (χ1v) is 7.64. The van der Waals surface area contributed by atoms with Gasteiger partial charge in [-0.05, 0) is 51.9 Å². The van der Waals surface area contributed by atoms with Gasteiger partial charge >= 0.3 is 0 Å². The molecular weight excluding hydrogens is 268 g/mol. The van der Waals surface area contributed by atoms with Gasteiger partial charge in [-0.15, -0.1) is 0 Å². The van der Waals surface area contributed by atoms with Crippen molar-refractivity contribution < 1.29 is 13.9 Å². The van der Waals surface area contributed by atoms with Crippen LogP contribution < -0.4 is 5.32 Å². The van der Waals surface area contributed by atoms with Crippen molar-refractivity contribution >= 4 is 5.91 Å². The maximum absolute atomic E-state index is 12.1. The summed E-state index contributed by atoms with van der Waals surface area (Å²) in [6, 6.07) is 3.46. The Morgan fingerprint density at radius 1 is 1.33 bits per heavy atom. The van der Waals surface area contributed by atoms with Gasteiger partial charge in [0.05, 0.1) is 0 Å². The number of rotatable bonds is 6. The molecule has 1 aromatic heterocycles. The summed E-state index contributed by atoms with van der Waals surface area (Å²) in [6.07, 6.45) is 3.81. The fraction of sp³-hybridized carbons (Fsp3) is 0.688. The maximum Gasteiger partial charge on any atom is 0.287 e. The van der Waals surface area contributed by atoms with E-state index in [1.165, 1.54) is 19.3 Å². The summed E-state index contributed by atoms with van der Waals surface area (Å²) < 4.78 is 10.4. The molecule has 1 aliphatic heterocycles. The van der Waals surface area contributed by atoms with E-state index in [1.807, 2.05) is 0 Å². The maximum atomic E-state index is 12.1. The first kappa shape index (κ1) is 16.0. The number of carbonyl (C=O) groups excluding carboxylic acids is 1. The molecule has 1 aliphatic rings. The van der Waals surface area contributed by atoms with Gasteiger partial charge < -0.3 is 14.5 Å². The van der Waals surface area contributed by atoms with Crippen molar-refractivity contribution in [2.75, 3.05) is 26.7 Å². The largest absolute Gasteiger partial charge is 0.453 e. The summed E-state index contributed by atoms with van der Waals surface area (Å²) in [5.74, 6) is 0.844. The minimum atomic E-state index is -0.164. The van der Waals surface area contributed by atoms with Crippen LogP contribution in [0, 0.1) is 0 Å². The highest BCUT2D eigenvalue weighted by atomic mass is 16.5. The van der Waals surface area contributed by atoms with Gasteiger partial charge in [0.1, 0.15) is 12.4 Å². The predicted molar refractivity (Wildman–Crippen MR) is 81.3 cm³/mol. The van der Waals surface area contributed by atoms with Crippen molar-refractivity contribution in [1.29, 1.82) is 0 Å². The standard InChI is InChI=1S/C16H26N2O3/c1-16(2,18-9-5-4-6-10-18)12-17-15(19)14-8-7-13(21-14)11-20-3/h7-8H,4-6,9-12H2,1-3H3,(H,17,19). The van der Waals surface area contributed by atoms with Crippen LogP contribution in [0.1, 0.15) is 49.4 Å². The number of nitrogens with one attached hydrogen (secondary N) is 1. The Balaban J connectivity index is 1.86. The van der Waals surface area contributed by atoms with Crippen LogP contribution in [0.5, 0.6) is 0 Å². The molecule has 5 heteroatoms. The topological polar surface area (TPSA) is 54.7 Å². The summed E-state index contributed by atoms with van der Waals surface area (Å²) in [5.41, 5.74) is -0.0297. The van der Waals surface area contributed by atoms with Gasteiger partial charge in [0.2, 0.25) is 0 Å². The number of nitrogens with zero attached hydrogens (tertiary/aromatic N) is 1.